The van der Waals surface area contributed by atoms with Gasteiger partial charge in [-0.15, -0.1) is 0 Å². The lowest BCUT2D eigenvalue weighted by Crippen LogP contribution is -2.37. The molecule has 5 heteroatoms. The molecule has 1 aliphatic heterocycles. The van der Waals surface area contributed by atoms with Gasteiger partial charge in [0.25, 0.3) is 0 Å². The van der Waals surface area contributed by atoms with Gasteiger partial charge in [0.05, 0.1) is 19.2 Å². The molecule has 0 amide bonds. The van der Waals surface area contributed by atoms with Crippen LogP contribution < -0.4 is 15.8 Å². The Hall–Kier alpha value is -2.43. The van der Waals surface area contributed by atoms with Crippen LogP contribution in [0.5, 0.6) is 5.75 Å². The summed E-state index contributed by atoms with van der Waals surface area (Å²) in [5.74, 6) is 3.15. The Labute approximate surface area is 130 Å². The van der Waals surface area contributed by atoms with Crippen LogP contribution in [0.3, 0.4) is 0 Å². The first kappa shape index (κ1) is 14.5. The Morgan fingerprint density at radius 3 is 2.95 bits per heavy atom. The molecule has 0 spiro atoms. The van der Waals surface area contributed by atoms with Gasteiger partial charge in [-0.1, -0.05) is 18.2 Å². The summed E-state index contributed by atoms with van der Waals surface area (Å²) in [5, 5.41) is 3.29. The highest BCUT2D eigenvalue weighted by atomic mass is 16.5. The number of aryl methyl sites for hydroxylation is 2. The number of fused-ring (bicyclic) bond motifs is 1. The monoisotopic (exact) mass is 299 g/mol. The summed E-state index contributed by atoms with van der Waals surface area (Å²) in [7, 11) is 0. The van der Waals surface area contributed by atoms with Gasteiger partial charge in [-0.05, 0) is 26.0 Å². The van der Waals surface area contributed by atoms with E-state index in [9.17, 15) is 0 Å². The van der Waals surface area contributed by atoms with Gasteiger partial charge in [-0.25, -0.2) is 4.99 Å². The van der Waals surface area contributed by atoms with Gasteiger partial charge in [-0.3, -0.25) is 0 Å². The first-order valence-corrected chi connectivity index (χ1v) is 7.47. The number of aliphatic imine (C=N–C) groups is 1. The molecule has 0 bridgehead atoms. The molecule has 0 saturated heterocycles. The van der Waals surface area contributed by atoms with Crippen molar-refractivity contribution in [2.75, 3.05) is 6.61 Å². The fraction of sp³-hybridized carbons (Fsp3) is 0.353. The Morgan fingerprint density at radius 1 is 1.36 bits per heavy atom. The van der Waals surface area contributed by atoms with Crippen molar-refractivity contribution in [3.63, 3.8) is 0 Å². The van der Waals surface area contributed by atoms with Gasteiger partial charge in [-0.2, -0.15) is 0 Å². The largest absolute Gasteiger partial charge is 0.493 e. The number of benzene rings is 1. The molecule has 3 N–H and O–H groups in total. The molecule has 0 fully saturated rings. The lowest BCUT2D eigenvalue weighted by Gasteiger charge is -2.26. The van der Waals surface area contributed by atoms with Gasteiger partial charge in [0.15, 0.2) is 5.96 Å². The quantitative estimate of drug-likeness (QED) is 0.675. The van der Waals surface area contributed by atoms with E-state index in [-0.39, 0.29) is 6.04 Å². The lowest BCUT2D eigenvalue weighted by atomic mass is 10.0. The molecule has 2 aromatic rings. The minimum absolute atomic E-state index is 0.140. The smallest absolute Gasteiger partial charge is 0.189 e. The Morgan fingerprint density at radius 2 is 2.18 bits per heavy atom. The van der Waals surface area contributed by atoms with Crippen molar-refractivity contribution in [2.24, 2.45) is 10.7 Å². The molecule has 0 saturated carbocycles. The highest BCUT2D eigenvalue weighted by Gasteiger charge is 2.21. The van der Waals surface area contributed by atoms with Gasteiger partial charge in [0.2, 0.25) is 0 Å². The second-order valence-corrected chi connectivity index (χ2v) is 5.51. The van der Waals surface area contributed by atoms with Crippen LogP contribution in [0.15, 0.2) is 39.7 Å². The maximum atomic E-state index is 6.03. The molecule has 2 heterocycles. The highest BCUT2D eigenvalue weighted by molar-refractivity contribution is 5.78. The van der Waals surface area contributed by atoms with E-state index >= 15 is 0 Å². The number of ether oxygens (including phenoxy) is 1. The fourth-order valence-electron chi connectivity index (χ4n) is 2.73. The molecule has 116 valence electrons. The van der Waals surface area contributed by atoms with E-state index in [2.05, 4.69) is 16.4 Å². The van der Waals surface area contributed by atoms with E-state index in [0.717, 1.165) is 34.8 Å². The van der Waals surface area contributed by atoms with Crippen molar-refractivity contribution in [3.05, 3.63) is 53.0 Å². The number of rotatable bonds is 3. The van der Waals surface area contributed by atoms with Gasteiger partial charge in [0, 0.05) is 17.5 Å². The van der Waals surface area contributed by atoms with Crippen molar-refractivity contribution in [1.82, 2.24) is 5.32 Å². The van der Waals surface area contributed by atoms with E-state index in [1.54, 1.807) is 0 Å². The Bertz CT molecular complexity index is 691. The third kappa shape index (κ3) is 3.08. The Kier molecular flexibility index (Phi) is 4.04. The minimum Gasteiger partial charge on any atom is -0.493 e. The van der Waals surface area contributed by atoms with Gasteiger partial charge >= 0.3 is 0 Å². The van der Waals surface area contributed by atoms with Crippen LogP contribution in [0.25, 0.3) is 0 Å². The molecule has 22 heavy (non-hydrogen) atoms. The molecule has 1 aromatic heterocycles. The summed E-state index contributed by atoms with van der Waals surface area (Å²) in [6, 6.07) is 10.2. The second-order valence-electron chi connectivity index (χ2n) is 5.51. The molecular weight excluding hydrogens is 278 g/mol. The average molecular weight is 299 g/mol. The predicted octanol–water partition coefficient (Wildman–Crippen LogP) is 2.82. The van der Waals surface area contributed by atoms with Crippen molar-refractivity contribution in [3.8, 4) is 5.75 Å². The first-order chi connectivity index (χ1) is 10.6. The van der Waals surface area contributed by atoms with Crippen LogP contribution >= 0.6 is 0 Å². The minimum atomic E-state index is 0.140. The highest BCUT2D eigenvalue weighted by Crippen LogP contribution is 2.31. The second kappa shape index (κ2) is 6.13. The summed E-state index contributed by atoms with van der Waals surface area (Å²) in [5.41, 5.74) is 8.23. The van der Waals surface area contributed by atoms with E-state index in [1.807, 2.05) is 38.1 Å². The number of hydrogen-bond acceptors (Lipinski definition) is 3. The molecule has 0 aliphatic carbocycles. The Balaban J connectivity index is 1.68. The lowest BCUT2D eigenvalue weighted by molar-refractivity contribution is 0.262. The fourth-order valence-corrected chi connectivity index (χ4v) is 2.73. The summed E-state index contributed by atoms with van der Waals surface area (Å²) in [6.07, 6.45) is 0.872. The van der Waals surface area contributed by atoms with Crippen LogP contribution in [0.4, 0.5) is 0 Å². The maximum absolute atomic E-state index is 6.03. The van der Waals surface area contributed by atoms with Crippen LogP contribution in [-0.2, 0) is 6.54 Å². The van der Waals surface area contributed by atoms with Crippen molar-refractivity contribution in [2.45, 2.75) is 32.9 Å². The molecule has 3 rings (SSSR count). The number of nitrogens with zero attached hydrogens (tertiary/aromatic N) is 1. The molecule has 1 aromatic carbocycles. The normalized spacial score (nSPS) is 17.7. The van der Waals surface area contributed by atoms with Crippen molar-refractivity contribution in [1.29, 1.82) is 0 Å². The number of para-hydroxylation sites is 1. The SMILES string of the molecule is Cc1cc(CN=C(N)NC2CCOc3ccccc32)c(C)o1. The zero-order valence-corrected chi connectivity index (χ0v) is 12.9. The summed E-state index contributed by atoms with van der Waals surface area (Å²) in [6.45, 7) is 5.08. The molecule has 1 unspecified atom stereocenters. The van der Waals surface area contributed by atoms with Crippen molar-refractivity contribution >= 4 is 5.96 Å². The number of nitrogens with one attached hydrogen (secondary N) is 1. The third-order valence-electron chi connectivity index (χ3n) is 3.84. The summed E-state index contributed by atoms with van der Waals surface area (Å²) >= 11 is 0. The predicted molar refractivity (Wildman–Crippen MR) is 85.9 cm³/mol. The van der Waals surface area contributed by atoms with Gasteiger partial charge in [0.1, 0.15) is 17.3 Å². The van der Waals surface area contributed by atoms with E-state index < -0.39 is 0 Å². The summed E-state index contributed by atoms with van der Waals surface area (Å²) in [4.78, 5) is 4.42. The zero-order chi connectivity index (χ0) is 15.5. The summed E-state index contributed by atoms with van der Waals surface area (Å²) < 4.78 is 11.1. The number of guanidine groups is 1. The van der Waals surface area contributed by atoms with E-state index in [4.69, 9.17) is 14.9 Å². The zero-order valence-electron chi connectivity index (χ0n) is 12.9. The van der Waals surface area contributed by atoms with Crippen LogP contribution in [0.1, 0.15) is 35.1 Å². The van der Waals surface area contributed by atoms with Crippen molar-refractivity contribution < 1.29 is 9.15 Å². The number of nitrogens with two attached hydrogens (primary N) is 1. The van der Waals surface area contributed by atoms with Crippen LogP contribution in [0, 0.1) is 13.8 Å². The third-order valence-corrected chi connectivity index (χ3v) is 3.84. The average Bonchev–Trinajstić information content (AvgIpc) is 2.83. The molecular formula is C17H21N3O2. The van der Waals surface area contributed by atoms with Gasteiger partial charge < -0.3 is 20.2 Å². The number of furan rings is 1. The van der Waals surface area contributed by atoms with E-state index in [0.29, 0.717) is 19.1 Å². The maximum Gasteiger partial charge on any atom is 0.189 e. The molecule has 1 aliphatic rings. The molecule has 1 atom stereocenters. The standard InChI is InChI=1S/C17H21N3O2/c1-11-9-13(12(2)22-11)10-19-17(18)20-15-7-8-21-16-6-4-3-5-14(15)16/h3-6,9,15H,7-8,10H2,1-2H3,(H3,18,19,20). The van der Waals surface area contributed by atoms with Crippen LogP contribution in [0.2, 0.25) is 0 Å². The molecule has 0 radical (unpaired) electrons. The molecule has 5 nitrogen and oxygen atoms in total. The number of hydrogen-bond donors (Lipinski definition) is 2. The first-order valence-electron chi connectivity index (χ1n) is 7.47. The topological polar surface area (TPSA) is 72.8 Å². The van der Waals surface area contributed by atoms with Crippen LogP contribution in [-0.4, -0.2) is 12.6 Å². The van der Waals surface area contributed by atoms with E-state index in [1.165, 1.54) is 0 Å².